The summed E-state index contributed by atoms with van der Waals surface area (Å²) in [5, 5.41) is 3.02. The maximum Gasteiger partial charge on any atom is 0.196 e. The van der Waals surface area contributed by atoms with Gasteiger partial charge in [-0.25, -0.2) is 9.97 Å². The molecule has 3 aromatic rings. The number of nitrogens with zero attached hydrogens (tertiary/aromatic N) is 2. The zero-order chi connectivity index (χ0) is 13.1. The second-order valence-corrected chi connectivity index (χ2v) is 5.19. The highest BCUT2D eigenvalue weighted by atomic mass is 32.1. The van der Waals surface area contributed by atoms with Gasteiger partial charge in [0.1, 0.15) is 11.2 Å². The first-order chi connectivity index (χ1) is 9.31. The number of oxazole rings is 1. The summed E-state index contributed by atoms with van der Waals surface area (Å²) in [4.78, 5) is 8.71. The molecule has 4 heteroatoms. The molecule has 0 bridgehead atoms. The molecule has 2 aromatic heterocycles. The van der Waals surface area contributed by atoms with Gasteiger partial charge in [-0.15, -0.1) is 11.3 Å². The highest BCUT2D eigenvalue weighted by Crippen LogP contribution is 2.15. The van der Waals surface area contributed by atoms with Crippen molar-refractivity contribution in [2.24, 2.45) is 0 Å². The van der Waals surface area contributed by atoms with Crippen LogP contribution in [0.4, 0.5) is 0 Å². The van der Waals surface area contributed by atoms with E-state index in [4.69, 9.17) is 4.42 Å². The van der Waals surface area contributed by atoms with Crippen molar-refractivity contribution in [3.05, 3.63) is 46.2 Å². The van der Waals surface area contributed by atoms with Gasteiger partial charge < -0.3 is 4.42 Å². The van der Waals surface area contributed by atoms with Gasteiger partial charge in [0.25, 0.3) is 0 Å². The van der Waals surface area contributed by atoms with Crippen molar-refractivity contribution in [3.8, 4) is 11.8 Å². The van der Waals surface area contributed by atoms with Gasteiger partial charge >= 0.3 is 0 Å². The lowest BCUT2D eigenvalue weighted by Gasteiger charge is -1.86. The number of hydrogen-bond acceptors (Lipinski definition) is 4. The van der Waals surface area contributed by atoms with Crippen LogP contribution in [0.5, 0.6) is 0 Å². The number of rotatable bonds is 2. The lowest BCUT2D eigenvalue weighted by Crippen LogP contribution is -1.82. The number of thiazole rings is 1. The summed E-state index contributed by atoms with van der Waals surface area (Å²) in [5.41, 5.74) is 2.58. The second kappa shape index (κ2) is 5.25. The van der Waals surface area contributed by atoms with Crippen LogP contribution in [0.3, 0.4) is 0 Å². The number of para-hydroxylation sites is 2. The molecule has 0 radical (unpaired) electrons. The molecule has 0 spiro atoms. The second-order valence-electron chi connectivity index (χ2n) is 4.13. The van der Waals surface area contributed by atoms with E-state index in [1.165, 1.54) is 0 Å². The summed E-state index contributed by atoms with van der Waals surface area (Å²) >= 11 is 1.62. The smallest absolute Gasteiger partial charge is 0.196 e. The van der Waals surface area contributed by atoms with Gasteiger partial charge in [0, 0.05) is 18.2 Å². The van der Waals surface area contributed by atoms with Crippen LogP contribution >= 0.6 is 11.3 Å². The van der Waals surface area contributed by atoms with Crippen LogP contribution in [0.2, 0.25) is 0 Å². The first-order valence-corrected chi connectivity index (χ1v) is 6.95. The molecule has 1 aromatic carbocycles. The molecule has 0 amide bonds. The molecule has 0 aliphatic rings. The summed E-state index contributed by atoms with van der Waals surface area (Å²) in [6, 6.07) is 7.78. The van der Waals surface area contributed by atoms with E-state index < -0.39 is 0 Å². The lowest BCUT2D eigenvalue weighted by molar-refractivity contribution is 0.531. The molecular weight excluding hydrogens is 256 g/mol. The number of aromatic nitrogens is 2. The first-order valence-electron chi connectivity index (χ1n) is 6.07. The monoisotopic (exact) mass is 268 g/mol. The van der Waals surface area contributed by atoms with Crippen molar-refractivity contribution in [2.75, 3.05) is 0 Å². The van der Waals surface area contributed by atoms with E-state index in [2.05, 4.69) is 21.8 Å². The Kier molecular flexibility index (Phi) is 3.30. The van der Waals surface area contributed by atoms with Crippen molar-refractivity contribution in [2.45, 2.75) is 19.8 Å². The average Bonchev–Trinajstić information content (AvgIpc) is 3.00. The zero-order valence-electron chi connectivity index (χ0n) is 10.5. The predicted octanol–water partition coefficient (Wildman–Crippen LogP) is 3.58. The standard InChI is InChI=1S/C15H12N2OS/c1-11-16-12(10-19-11)6-2-5-9-15-17-13-7-3-4-8-14(13)18-15/h3-4,7-8,10H,5,9H2,1H3. The van der Waals surface area contributed by atoms with Gasteiger partial charge in [-0.1, -0.05) is 18.1 Å². The SMILES string of the molecule is Cc1nc(C#CCCc2nc3ccccc3o2)cs1. The van der Waals surface area contributed by atoms with E-state index in [-0.39, 0.29) is 0 Å². The third kappa shape index (κ3) is 2.83. The molecule has 0 aliphatic carbocycles. The van der Waals surface area contributed by atoms with Crippen LogP contribution in [0, 0.1) is 18.8 Å². The Balaban J connectivity index is 1.65. The van der Waals surface area contributed by atoms with E-state index in [1.807, 2.05) is 36.6 Å². The topological polar surface area (TPSA) is 38.9 Å². The number of aryl methyl sites for hydroxylation is 2. The average molecular weight is 268 g/mol. The van der Waals surface area contributed by atoms with Gasteiger partial charge in [-0.05, 0) is 25.0 Å². The third-order valence-corrected chi connectivity index (χ3v) is 3.41. The van der Waals surface area contributed by atoms with Gasteiger partial charge in [0.2, 0.25) is 0 Å². The minimum absolute atomic E-state index is 0.726. The summed E-state index contributed by atoms with van der Waals surface area (Å²) in [7, 11) is 0. The fourth-order valence-corrected chi connectivity index (χ4v) is 2.32. The summed E-state index contributed by atoms with van der Waals surface area (Å²) in [6.07, 6.45) is 1.45. The quantitative estimate of drug-likeness (QED) is 0.667. The fraction of sp³-hybridized carbons (Fsp3) is 0.200. The molecule has 0 aliphatic heterocycles. The predicted molar refractivity (Wildman–Crippen MR) is 76.1 cm³/mol. The molecule has 3 rings (SSSR count). The highest BCUT2D eigenvalue weighted by molar-refractivity contribution is 7.09. The number of benzene rings is 1. The van der Waals surface area contributed by atoms with Crippen LogP contribution in [0.25, 0.3) is 11.1 Å². The molecule has 3 nitrogen and oxygen atoms in total. The lowest BCUT2D eigenvalue weighted by atomic mass is 10.3. The maximum atomic E-state index is 5.63. The van der Waals surface area contributed by atoms with Crippen LogP contribution < -0.4 is 0 Å². The van der Waals surface area contributed by atoms with E-state index in [0.717, 1.165) is 40.5 Å². The van der Waals surface area contributed by atoms with Crippen LogP contribution in [-0.4, -0.2) is 9.97 Å². The highest BCUT2D eigenvalue weighted by Gasteiger charge is 2.03. The van der Waals surface area contributed by atoms with E-state index in [1.54, 1.807) is 11.3 Å². The molecule has 94 valence electrons. The Morgan fingerprint density at radius 3 is 2.95 bits per heavy atom. The Morgan fingerprint density at radius 2 is 2.16 bits per heavy atom. The fourth-order valence-electron chi connectivity index (χ4n) is 1.77. The largest absolute Gasteiger partial charge is 0.441 e. The summed E-state index contributed by atoms with van der Waals surface area (Å²) < 4.78 is 5.63. The van der Waals surface area contributed by atoms with Gasteiger partial charge in [-0.3, -0.25) is 0 Å². The Hall–Kier alpha value is -2.12. The number of fused-ring (bicyclic) bond motifs is 1. The van der Waals surface area contributed by atoms with Crippen molar-refractivity contribution >= 4 is 22.4 Å². The Labute approximate surface area is 115 Å². The molecule has 0 N–H and O–H groups in total. The molecule has 0 unspecified atom stereocenters. The third-order valence-electron chi connectivity index (χ3n) is 2.64. The molecule has 0 saturated carbocycles. The van der Waals surface area contributed by atoms with E-state index in [9.17, 15) is 0 Å². The van der Waals surface area contributed by atoms with Gasteiger partial charge in [0.15, 0.2) is 11.5 Å². The molecule has 0 saturated heterocycles. The normalized spacial score (nSPS) is 10.4. The molecular formula is C15H12N2OS. The van der Waals surface area contributed by atoms with Crippen LogP contribution in [0.1, 0.15) is 23.0 Å². The number of hydrogen-bond donors (Lipinski definition) is 0. The van der Waals surface area contributed by atoms with E-state index >= 15 is 0 Å². The zero-order valence-corrected chi connectivity index (χ0v) is 11.3. The molecule has 0 atom stereocenters. The Morgan fingerprint density at radius 1 is 1.26 bits per heavy atom. The van der Waals surface area contributed by atoms with Crippen molar-refractivity contribution < 1.29 is 4.42 Å². The van der Waals surface area contributed by atoms with E-state index in [0.29, 0.717) is 0 Å². The van der Waals surface area contributed by atoms with Gasteiger partial charge in [0.05, 0.1) is 5.01 Å². The molecule has 2 heterocycles. The first kappa shape index (κ1) is 11.9. The Bertz CT molecular complexity index is 728. The van der Waals surface area contributed by atoms with Crippen molar-refractivity contribution in [1.29, 1.82) is 0 Å². The van der Waals surface area contributed by atoms with Crippen LogP contribution in [0.15, 0.2) is 34.1 Å². The summed E-state index contributed by atoms with van der Waals surface area (Å²) in [6.45, 7) is 1.98. The molecule has 0 fully saturated rings. The maximum absolute atomic E-state index is 5.63. The van der Waals surface area contributed by atoms with Crippen LogP contribution in [-0.2, 0) is 6.42 Å². The molecule has 19 heavy (non-hydrogen) atoms. The van der Waals surface area contributed by atoms with Crippen molar-refractivity contribution in [3.63, 3.8) is 0 Å². The minimum Gasteiger partial charge on any atom is -0.441 e. The van der Waals surface area contributed by atoms with Crippen molar-refractivity contribution in [1.82, 2.24) is 9.97 Å². The van der Waals surface area contributed by atoms with Gasteiger partial charge in [-0.2, -0.15) is 0 Å². The minimum atomic E-state index is 0.726. The summed E-state index contributed by atoms with van der Waals surface area (Å²) in [5.74, 6) is 6.89.